The van der Waals surface area contributed by atoms with Gasteiger partial charge in [-0.05, 0) is 43.9 Å². The Morgan fingerprint density at radius 2 is 2.21 bits per heavy atom. The van der Waals surface area contributed by atoms with Crippen molar-refractivity contribution in [2.24, 2.45) is 0 Å². The second kappa shape index (κ2) is 4.23. The third kappa shape index (κ3) is 2.00. The van der Waals surface area contributed by atoms with Gasteiger partial charge in [-0.2, -0.15) is 0 Å². The molecule has 2 fully saturated rings. The maximum Gasteiger partial charge on any atom is 0.113 e. The summed E-state index contributed by atoms with van der Waals surface area (Å²) in [5.74, 6) is 1.88. The third-order valence-corrected chi connectivity index (χ3v) is 4.15. The molecule has 2 aliphatic rings. The zero-order valence-corrected chi connectivity index (χ0v) is 11.0. The van der Waals surface area contributed by atoms with Gasteiger partial charge in [0.1, 0.15) is 5.82 Å². The molecule has 2 N–H and O–H groups in total. The Morgan fingerprint density at radius 1 is 1.32 bits per heavy atom. The number of aromatic nitrogens is 2. The van der Waals surface area contributed by atoms with Crippen LogP contribution in [0.25, 0.3) is 11.0 Å². The second-order valence-corrected chi connectivity index (χ2v) is 5.74. The highest BCUT2D eigenvalue weighted by molar-refractivity contribution is 5.79. The van der Waals surface area contributed by atoms with Crippen LogP contribution >= 0.6 is 0 Å². The summed E-state index contributed by atoms with van der Waals surface area (Å²) in [6.07, 6.45) is 5.24. The summed E-state index contributed by atoms with van der Waals surface area (Å²) in [7, 11) is 0. The van der Waals surface area contributed by atoms with Crippen molar-refractivity contribution in [1.29, 1.82) is 0 Å². The Labute approximate surface area is 112 Å². The Morgan fingerprint density at radius 3 is 2.95 bits per heavy atom. The van der Waals surface area contributed by atoms with Crippen LogP contribution in [0, 0.1) is 0 Å². The molecule has 1 aliphatic carbocycles. The molecule has 1 unspecified atom stereocenters. The average Bonchev–Trinajstić information content (AvgIpc) is 3.00. The highest BCUT2D eigenvalue weighted by Crippen LogP contribution is 2.41. The molecule has 1 saturated carbocycles. The van der Waals surface area contributed by atoms with Crippen LogP contribution in [0.15, 0.2) is 18.2 Å². The quantitative estimate of drug-likeness (QED) is 0.860. The zero-order chi connectivity index (χ0) is 12.8. The topological polar surface area (TPSA) is 53.1 Å². The van der Waals surface area contributed by atoms with E-state index in [-0.39, 0.29) is 0 Å². The van der Waals surface area contributed by atoms with Gasteiger partial charge in [-0.25, -0.2) is 4.98 Å². The minimum atomic E-state index is 0.354. The molecule has 0 radical (unpaired) electrons. The van der Waals surface area contributed by atoms with Crippen LogP contribution in [0.5, 0.6) is 0 Å². The van der Waals surface area contributed by atoms with Gasteiger partial charge >= 0.3 is 0 Å². The van der Waals surface area contributed by atoms with Crippen molar-refractivity contribution >= 4 is 16.7 Å². The van der Waals surface area contributed by atoms with Gasteiger partial charge in [-0.15, -0.1) is 0 Å². The summed E-state index contributed by atoms with van der Waals surface area (Å²) in [6.45, 7) is 1.84. The smallest absolute Gasteiger partial charge is 0.113 e. The van der Waals surface area contributed by atoms with Crippen LogP contribution in [0.2, 0.25) is 0 Å². The van der Waals surface area contributed by atoms with Crippen molar-refractivity contribution in [1.82, 2.24) is 9.55 Å². The Kier molecular flexibility index (Phi) is 2.52. The first-order valence-corrected chi connectivity index (χ1v) is 7.18. The van der Waals surface area contributed by atoms with E-state index in [9.17, 15) is 0 Å². The fourth-order valence-corrected chi connectivity index (χ4v) is 3.00. The number of benzene rings is 1. The molecule has 1 aromatic carbocycles. The molecule has 0 spiro atoms. The first-order chi connectivity index (χ1) is 9.31. The van der Waals surface area contributed by atoms with Crippen molar-refractivity contribution in [2.75, 3.05) is 12.3 Å². The lowest BCUT2D eigenvalue weighted by molar-refractivity contribution is 0.0972. The minimum Gasteiger partial charge on any atom is -0.399 e. The molecule has 0 bridgehead atoms. The molecule has 4 heteroatoms. The number of hydrogen-bond acceptors (Lipinski definition) is 3. The van der Waals surface area contributed by atoms with E-state index in [4.69, 9.17) is 15.5 Å². The van der Waals surface area contributed by atoms with E-state index >= 15 is 0 Å². The maximum atomic E-state index is 5.86. The minimum absolute atomic E-state index is 0.354. The van der Waals surface area contributed by atoms with Crippen molar-refractivity contribution in [2.45, 2.75) is 44.2 Å². The maximum absolute atomic E-state index is 5.86. The van der Waals surface area contributed by atoms with E-state index in [1.807, 2.05) is 12.1 Å². The standard InChI is InChI=1S/C15H19N3O/c16-11-5-6-14-13(8-11)17-15(10-3-4-10)18(14)9-12-2-1-7-19-12/h5-6,8,10,12H,1-4,7,9,16H2. The highest BCUT2D eigenvalue weighted by atomic mass is 16.5. The first-order valence-electron chi connectivity index (χ1n) is 7.18. The molecule has 19 heavy (non-hydrogen) atoms. The SMILES string of the molecule is Nc1ccc2c(c1)nc(C1CC1)n2CC1CCCO1. The van der Waals surface area contributed by atoms with Crippen LogP contribution < -0.4 is 5.73 Å². The Bertz CT molecular complexity index is 609. The van der Waals surface area contributed by atoms with Gasteiger partial charge in [0.25, 0.3) is 0 Å². The predicted octanol–water partition coefficient (Wildman–Crippen LogP) is 2.67. The summed E-state index contributed by atoms with van der Waals surface area (Å²) >= 11 is 0. The van der Waals surface area contributed by atoms with E-state index in [1.165, 1.54) is 37.0 Å². The van der Waals surface area contributed by atoms with Gasteiger partial charge in [0.2, 0.25) is 0 Å². The summed E-state index contributed by atoms with van der Waals surface area (Å²) in [4.78, 5) is 4.80. The Hall–Kier alpha value is -1.55. The van der Waals surface area contributed by atoms with E-state index < -0.39 is 0 Å². The number of imidazole rings is 1. The lowest BCUT2D eigenvalue weighted by Gasteiger charge is -2.14. The molecule has 2 heterocycles. The van der Waals surface area contributed by atoms with Gasteiger partial charge in [0.05, 0.1) is 23.7 Å². The lowest BCUT2D eigenvalue weighted by Crippen LogP contribution is -2.16. The molecule has 4 nitrogen and oxygen atoms in total. The van der Waals surface area contributed by atoms with Crippen molar-refractivity contribution < 1.29 is 4.74 Å². The molecule has 1 aliphatic heterocycles. The number of fused-ring (bicyclic) bond motifs is 1. The van der Waals surface area contributed by atoms with Crippen molar-refractivity contribution in [3.05, 3.63) is 24.0 Å². The monoisotopic (exact) mass is 257 g/mol. The van der Waals surface area contributed by atoms with Gasteiger partial charge in [0.15, 0.2) is 0 Å². The lowest BCUT2D eigenvalue weighted by atomic mass is 10.2. The number of rotatable bonds is 3. The van der Waals surface area contributed by atoms with Gasteiger partial charge in [0, 0.05) is 18.2 Å². The average molecular weight is 257 g/mol. The Balaban J connectivity index is 1.78. The van der Waals surface area contributed by atoms with Crippen LogP contribution in [0.4, 0.5) is 5.69 Å². The fourth-order valence-electron chi connectivity index (χ4n) is 3.00. The summed E-state index contributed by atoms with van der Waals surface area (Å²) in [6, 6.07) is 6.04. The molecular weight excluding hydrogens is 238 g/mol. The third-order valence-electron chi connectivity index (χ3n) is 4.15. The summed E-state index contributed by atoms with van der Waals surface area (Å²) in [5, 5.41) is 0. The van der Waals surface area contributed by atoms with Crippen molar-refractivity contribution in [3.63, 3.8) is 0 Å². The number of hydrogen-bond donors (Lipinski definition) is 1. The van der Waals surface area contributed by atoms with Gasteiger partial charge < -0.3 is 15.0 Å². The molecule has 2 aromatic rings. The predicted molar refractivity (Wildman–Crippen MR) is 75.1 cm³/mol. The highest BCUT2D eigenvalue weighted by Gasteiger charge is 2.30. The van der Waals surface area contributed by atoms with Gasteiger partial charge in [-0.3, -0.25) is 0 Å². The number of nitrogens with two attached hydrogens (primary N) is 1. The molecule has 4 rings (SSSR count). The van der Waals surface area contributed by atoms with E-state index in [0.29, 0.717) is 12.0 Å². The van der Waals surface area contributed by atoms with Crippen LogP contribution in [0.1, 0.15) is 37.4 Å². The van der Waals surface area contributed by atoms with E-state index in [0.717, 1.165) is 24.4 Å². The summed E-state index contributed by atoms with van der Waals surface area (Å²) in [5.41, 5.74) is 8.88. The van der Waals surface area contributed by atoms with E-state index in [2.05, 4.69) is 10.6 Å². The van der Waals surface area contributed by atoms with Crippen LogP contribution in [-0.2, 0) is 11.3 Å². The normalized spacial score (nSPS) is 23.3. The molecule has 1 aromatic heterocycles. The van der Waals surface area contributed by atoms with Crippen molar-refractivity contribution in [3.8, 4) is 0 Å². The van der Waals surface area contributed by atoms with Crippen LogP contribution in [-0.4, -0.2) is 22.3 Å². The summed E-state index contributed by atoms with van der Waals surface area (Å²) < 4.78 is 8.14. The number of nitrogen functional groups attached to an aromatic ring is 1. The molecule has 1 atom stereocenters. The second-order valence-electron chi connectivity index (χ2n) is 5.74. The largest absolute Gasteiger partial charge is 0.399 e. The molecule has 0 amide bonds. The zero-order valence-electron chi connectivity index (χ0n) is 11.0. The molecule has 1 saturated heterocycles. The molecular formula is C15H19N3O. The number of nitrogens with zero attached hydrogens (tertiary/aromatic N) is 2. The van der Waals surface area contributed by atoms with Gasteiger partial charge in [-0.1, -0.05) is 0 Å². The first kappa shape index (κ1) is 11.3. The van der Waals surface area contributed by atoms with E-state index in [1.54, 1.807) is 0 Å². The number of ether oxygens (including phenoxy) is 1. The fraction of sp³-hybridized carbons (Fsp3) is 0.533. The van der Waals surface area contributed by atoms with Crippen LogP contribution in [0.3, 0.4) is 0 Å². The molecule has 100 valence electrons. The number of anilines is 1.